The number of aryl methyl sites for hydroxylation is 1. The van der Waals surface area contributed by atoms with Crippen LogP contribution in [0, 0.1) is 6.92 Å². The number of hydrogen-bond acceptors (Lipinski definition) is 3. The second kappa shape index (κ2) is 5.07. The topological polar surface area (TPSA) is 58.6 Å². The molecule has 0 bridgehead atoms. The van der Waals surface area contributed by atoms with E-state index in [0.717, 1.165) is 18.5 Å². The summed E-state index contributed by atoms with van der Waals surface area (Å²) in [6.45, 7) is 3.19. The molecule has 1 N–H and O–H groups in total. The first-order valence-corrected chi connectivity index (χ1v) is 5.96. The highest BCUT2D eigenvalue weighted by Gasteiger charge is 2.34. The van der Waals surface area contributed by atoms with Crippen LogP contribution in [0.25, 0.3) is 11.3 Å². The summed E-state index contributed by atoms with van der Waals surface area (Å²) >= 11 is 0. The average Bonchev–Trinajstić information content (AvgIpc) is 2.40. The second-order valence-corrected chi connectivity index (χ2v) is 4.26. The van der Waals surface area contributed by atoms with Gasteiger partial charge in [-0.3, -0.25) is 9.78 Å². The summed E-state index contributed by atoms with van der Waals surface area (Å²) in [4.78, 5) is 22.1. The first kappa shape index (κ1) is 14.2. The number of H-pyrrole nitrogens is 1. The van der Waals surface area contributed by atoms with Crippen molar-refractivity contribution in [3.05, 3.63) is 45.8 Å². The van der Waals surface area contributed by atoms with Gasteiger partial charge in [0.15, 0.2) is 0 Å². The van der Waals surface area contributed by atoms with Gasteiger partial charge in [0.05, 0.1) is 11.3 Å². The average molecular weight is 283 g/mol. The second-order valence-electron chi connectivity index (χ2n) is 4.26. The molecule has 0 aliphatic rings. The molecule has 0 aliphatic heterocycles. The van der Waals surface area contributed by atoms with Crippen LogP contribution in [0.5, 0.6) is 0 Å². The number of halogens is 3. The van der Waals surface area contributed by atoms with E-state index in [1.54, 1.807) is 6.92 Å². The number of nitrogens with zero attached hydrogens (tertiary/aromatic N) is 2. The number of alkyl halides is 3. The van der Waals surface area contributed by atoms with E-state index in [-0.39, 0.29) is 16.8 Å². The van der Waals surface area contributed by atoms with Crippen molar-refractivity contribution in [2.24, 2.45) is 0 Å². The van der Waals surface area contributed by atoms with Gasteiger partial charge >= 0.3 is 6.18 Å². The zero-order chi connectivity index (χ0) is 14.9. The molecule has 0 atom stereocenters. The van der Waals surface area contributed by atoms with Crippen LogP contribution in [0.4, 0.5) is 13.2 Å². The number of aromatic nitrogens is 3. The van der Waals surface area contributed by atoms with Gasteiger partial charge in [-0.05, 0) is 13.0 Å². The molecule has 106 valence electrons. The first-order chi connectivity index (χ1) is 9.34. The van der Waals surface area contributed by atoms with Gasteiger partial charge in [-0.15, -0.1) is 0 Å². The molecule has 0 saturated carbocycles. The molecule has 7 heteroatoms. The van der Waals surface area contributed by atoms with Crippen LogP contribution in [0.15, 0.2) is 23.3 Å². The zero-order valence-electron chi connectivity index (χ0n) is 10.9. The lowest BCUT2D eigenvalue weighted by atomic mass is 10.0. The summed E-state index contributed by atoms with van der Waals surface area (Å²) in [6.07, 6.45) is -1.96. The maximum Gasteiger partial charge on any atom is 0.417 e. The molecule has 0 spiro atoms. The normalized spacial score (nSPS) is 11.7. The third-order valence-electron chi connectivity index (χ3n) is 2.92. The monoisotopic (exact) mass is 283 g/mol. The van der Waals surface area contributed by atoms with Gasteiger partial charge in [-0.2, -0.15) is 13.2 Å². The van der Waals surface area contributed by atoms with Gasteiger partial charge in [-0.25, -0.2) is 4.98 Å². The van der Waals surface area contributed by atoms with E-state index in [1.165, 1.54) is 6.92 Å². The first-order valence-electron chi connectivity index (χ1n) is 5.96. The van der Waals surface area contributed by atoms with E-state index in [4.69, 9.17) is 0 Å². The van der Waals surface area contributed by atoms with Crippen LogP contribution in [-0.4, -0.2) is 15.0 Å². The van der Waals surface area contributed by atoms with Crippen LogP contribution in [-0.2, 0) is 12.6 Å². The summed E-state index contributed by atoms with van der Waals surface area (Å²) in [5, 5.41) is 0. The fraction of sp³-hybridized carbons (Fsp3) is 0.308. The van der Waals surface area contributed by atoms with Crippen molar-refractivity contribution in [1.82, 2.24) is 15.0 Å². The fourth-order valence-electron chi connectivity index (χ4n) is 1.84. The van der Waals surface area contributed by atoms with E-state index in [0.29, 0.717) is 12.2 Å². The summed E-state index contributed by atoms with van der Waals surface area (Å²) in [5.41, 5.74) is -1.32. The third kappa shape index (κ3) is 2.56. The zero-order valence-corrected chi connectivity index (χ0v) is 10.9. The van der Waals surface area contributed by atoms with Crippen LogP contribution >= 0.6 is 0 Å². The van der Waals surface area contributed by atoms with Crippen LogP contribution < -0.4 is 5.56 Å². The third-order valence-corrected chi connectivity index (χ3v) is 2.92. The molecule has 0 aromatic carbocycles. The van der Waals surface area contributed by atoms with Crippen molar-refractivity contribution in [3.8, 4) is 11.3 Å². The molecule has 0 amide bonds. The van der Waals surface area contributed by atoms with Gasteiger partial charge in [0.1, 0.15) is 5.82 Å². The standard InChI is InChI=1S/C13H12F3N3O/c1-3-10-18-11(7(2)12(20)19-10)8-6-17-5-4-9(8)13(14,15)16/h4-6H,3H2,1-2H3,(H,18,19,20). The maximum absolute atomic E-state index is 13.0. The number of rotatable bonds is 2. The van der Waals surface area contributed by atoms with Crippen molar-refractivity contribution < 1.29 is 13.2 Å². The lowest BCUT2D eigenvalue weighted by Gasteiger charge is -2.13. The number of aromatic amines is 1. The van der Waals surface area contributed by atoms with Crippen LogP contribution in [0.2, 0.25) is 0 Å². The number of hydrogen-bond donors (Lipinski definition) is 1. The predicted octanol–water partition coefficient (Wildman–Crippen LogP) is 2.72. The van der Waals surface area contributed by atoms with E-state index < -0.39 is 17.3 Å². The van der Waals surface area contributed by atoms with Crippen molar-refractivity contribution in [3.63, 3.8) is 0 Å². The quantitative estimate of drug-likeness (QED) is 0.922. The Balaban J connectivity index is 2.76. The van der Waals surface area contributed by atoms with E-state index in [9.17, 15) is 18.0 Å². The molecular weight excluding hydrogens is 271 g/mol. The Morgan fingerprint density at radius 1 is 1.35 bits per heavy atom. The summed E-state index contributed by atoms with van der Waals surface area (Å²) in [5.74, 6) is 0.340. The molecule has 0 saturated heterocycles. The van der Waals surface area contributed by atoms with Gasteiger partial charge in [-0.1, -0.05) is 6.92 Å². The van der Waals surface area contributed by atoms with Gasteiger partial charge in [0.2, 0.25) is 0 Å². The summed E-state index contributed by atoms with van der Waals surface area (Å²) in [7, 11) is 0. The summed E-state index contributed by atoms with van der Waals surface area (Å²) < 4.78 is 39.0. The molecule has 0 aliphatic carbocycles. The molecule has 4 nitrogen and oxygen atoms in total. The Kier molecular flexibility index (Phi) is 3.61. The molecule has 2 heterocycles. The number of pyridine rings is 1. The SMILES string of the molecule is CCc1nc(-c2cnccc2C(F)(F)F)c(C)c(=O)[nH]1. The predicted molar refractivity (Wildman–Crippen MR) is 67.2 cm³/mol. The van der Waals surface area contributed by atoms with Gasteiger partial charge < -0.3 is 4.98 Å². The minimum Gasteiger partial charge on any atom is -0.310 e. The molecule has 2 rings (SSSR count). The Hall–Kier alpha value is -2.18. The van der Waals surface area contributed by atoms with E-state index >= 15 is 0 Å². The maximum atomic E-state index is 13.0. The van der Waals surface area contributed by atoms with Crippen LogP contribution in [0.1, 0.15) is 23.9 Å². The Bertz CT molecular complexity index is 692. The highest BCUT2D eigenvalue weighted by molar-refractivity contribution is 5.66. The number of nitrogens with one attached hydrogen (secondary N) is 1. The molecule has 0 unspecified atom stereocenters. The van der Waals surface area contributed by atoms with Gasteiger partial charge in [0.25, 0.3) is 5.56 Å². The van der Waals surface area contributed by atoms with Gasteiger partial charge in [0, 0.05) is 29.9 Å². The highest BCUT2D eigenvalue weighted by atomic mass is 19.4. The van der Waals surface area contributed by atoms with Crippen LogP contribution in [0.3, 0.4) is 0 Å². The molecule has 2 aromatic heterocycles. The molecular formula is C13H12F3N3O. The van der Waals surface area contributed by atoms with Crippen molar-refractivity contribution in [1.29, 1.82) is 0 Å². The smallest absolute Gasteiger partial charge is 0.310 e. The molecule has 2 aromatic rings. The molecule has 0 radical (unpaired) electrons. The summed E-state index contributed by atoms with van der Waals surface area (Å²) in [6, 6.07) is 0.878. The highest BCUT2D eigenvalue weighted by Crippen LogP contribution is 2.36. The minimum absolute atomic E-state index is 0.0195. The molecule has 0 fully saturated rings. The largest absolute Gasteiger partial charge is 0.417 e. The Morgan fingerprint density at radius 3 is 2.65 bits per heavy atom. The van der Waals surface area contributed by atoms with E-state index in [2.05, 4.69) is 15.0 Å². The Morgan fingerprint density at radius 2 is 2.05 bits per heavy atom. The Labute approximate surface area is 112 Å². The minimum atomic E-state index is -4.53. The van der Waals surface area contributed by atoms with Crippen molar-refractivity contribution in [2.45, 2.75) is 26.4 Å². The van der Waals surface area contributed by atoms with Crippen molar-refractivity contribution >= 4 is 0 Å². The van der Waals surface area contributed by atoms with Crippen molar-refractivity contribution in [2.75, 3.05) is 0 Å². The van der Waals surface area contributed by atoms with E-state index in [1.807, 2.05) is 0 Å². The fourth-order valence-corrected chi connectivity index (χ4v) is 1.84. The lowest BCUT2D eigenvalue weighted by Crippen LogP contribution is -2.17. The molecule has 20 heavy (non-hydrogen) atoms. The lowest BCUT2D eigenvalue weighted by molar-refractivity contribution is -0.137.